The Hall–Kier alpha value is -2.39. The highest BCUT2D eigenvalue weighted by molar-refractivity contribution is 5.93. The van der Waals surface area contributed by atoms with Crippen molar-refractivity contribution in [3.8, 4) is 0 Å². The second-order valence-corrected chi connectivity index (χ2v) is 4.45. The predicted molar refractivity (Wildman–Crippen MR) is 81.0 cm³/mol. The Morgan fingerprint density at radius 2 is 1.65 bits per heavy atom. The van der Waals surface area contributed by atoms with Crippen molar-refractivity contribution in [2.45, 2.75) is 12.5 Å². The number of rotatable bonds is 6. The second kappa shape index (κ2) is 7.26. The molecule has 0 fully saturated rings. The van der Waals surface area contributed by atoms with E-state index in [2.05, 4.69) is 17.4 Å². The Bertz CT molecular complexity index is 552. The highest BCUT2D eigenvalue weighted by Gasteiger charge is 2.11. The average molecular weight is 266 g/mol. The lowest BCUT2D eigenvalue weighted by Gasteiger charge is -2.18. The summed E-state index contributed by atoms with van der Waals surface area (Å²) in [4.78, 5) is 12.0. The third kappa shape index (κ3) is 3.80. The summed E-state index contributed by atoms with van der Waals surface area (Å²) >= 11 is 0. The van der Waals surface area contributed by atoms with Gasteiger partial charge in [0.15, 0.2) is 0 Å². The molecule has 0 aliphatic heterocycles. The van der Waals surface area contributed by atoms with E-state index in [0.717, 1.165) is 12.0 Å². The van der Waals surface area contributed by atoms with Crippen LogP contribution in [-0.4, -0.2) is 5.91 Å². The molecule has 3 heteroatoms. The van der Waals surface area contributed by atoms with Crippen LogP contribution in [0.25, 0.3) is 0 Å². The van der Waals surface area contributed by atoms with Crippen molar-refractivity contribution in [1.82, 2.24) is 10.9 Å². The summed E-state index contributed by atoms with van der Waals surface area (Å²) in [5, 5.41) is 0. The first kappa shape index (κ1) is 14.0. The smallest absolute Gasteiger partial charge is 0.265 e. The molecule has 0 heterocycles. The molecule has 3 nitrogen and oxygen atoms in total. The first-order valence-corrected chi connectivity index (χ1v) is 6.58. The normalized spacial score (nSPS) is 11.6. The monoisotopic (exact) mass is 266 g/mol. The molecule has 0 saturated carbocycles. The number of carbonyl (C=O) groups is 1. The molecule has 1 unspecified atom stereocenters. The van der Waals surface area contributed by atoms with Gasteiger partial charge in [-0.05, 0) is 24.1 Å². The summed E-state index contributed by atoms with van der Waals surface area (Å²) in [7, 11) is 0. The highest BCUT2D eigenvalue weighted by Crippen LogP contribution is 2.15. The summed E-state index contributed by atoms with van der Waals surface area (Å²) in [5.41, 5.74) is 7.55. The van der Waals surface area contributed by atoms with Gasteiger partial charge in [0.05, 0.1) is 6.04 Å². The zero-order valence-corrected chi connectivity index (χ0v) is 11.3. The van der Waals surface area contributed by atoms with Gasteiger partial charge < -0.3 is 0 Å². The van der Waals surface area contributed by atoms with Crippen molar-refractivity contribution >= 4 is 5.91 Å². The predicted octanol–water partition coefficient (Wildman–Crippen LogP) is 3.24. The van der Waals surface area contributed by atoms with E-state index >= 15 is 0 Å². The lowest BCUT2D eigenvalue weighted by molar-refractivity contribution is 0.0925. The summed E-state index contributed by atoms with van der Waals surface area (Å²) in [6.45, 7) is 3.76. The lowest BCUT2D eigenvalue weighted by Crippen LogP contribution is -2.39. The third-order valence-electron chi connectivity index (χ3n) is 3.00. The van der Waals surface area contributed by atoms with Gasteiger partial charge in [0.1, 0.15) is 0 Å². The minimum Gasteiger partial charge on any atom is -0.287 e. The maximum absolute atomic E-state index is 12.0. The van der Waals surface area contributed by atoms with Crippen LogP contribution in [-0.2, 0) is 0 Å². The molecule has 2 aromatic rings. The van der Waals surface area contributed by atoms with E-state index in [4.69, 9.17) is 0 Å². The second-order valence-electron chi connectivity index (χ2n) is 4.45. The van der Waals surface area contributed by atoms with E-state index in [1.54, 1.807) is 12.1 Å². The Morgan fingerprint density at radius 1 is 1.05 bits per heavy atom. The van der Waals surface area contributed by atoms with Gasteiger partial charge in [0, 0.05) is 5.56 Å². The highest BCUT2D eigenvalue weighted by atomic mass is 16.2. The molecule has 2 rings (SSSR count). The van der Waals surface area contributed by atoms with Crippen molar-refractivity contribution in [2.75, 3.05) is 0 Å². The summed E-state index contributed by atoms with van der Waals surface area (Å²) in [6, 6.07) is 19.1. The van der Waals surface area contributed by atoms with Crippen LogP contribution in [0.5, 0.6) is 0 Å². The topological polar surface area (TPSA) is 41.1 Å². The molecule has 2 aromatic carbocycles. The van der Waals surface area contributed by atoms with E-state index in [1.165, 1.54) is 0 Å². The van der Waals surface area contributed by atoms with Crippen LogP contribution in [0.2, 0.25) is 0 Å². The Labute approximate surface area is 119 Å². The van der Waals surface area contributed by atoms with Gasteiger partial charge in [-0.25, -0.2) is 5.43 Å². The van der Waals surface area contributed by atoms with Crippen LogP contribution >= 0.6 is 0 Å². The number of nitrogens with one attached hydrogen (secondary N) is 2. The molecule has 20 heavy (non-hydrogen) atoms. The summed E-state index contributed by atoms with van der Waals surface area (Å²) in [5.74, 6) is -0.143. The number of amides is 1. The maximum atomic E-state index is 12.0. The molecule has 102 valence electrons. The average Bonchev–Trinajstić information content (AvgIpc) is 2.53. The van der Waals surface area contributed by atoms with Crippen molar-refractivity contribution in [1.29, 1.82) is 0 Å². The van der Waals surface area contributed by atoms with Crippen LogP contribution in [0.1, 0.15) is 28.4 Å². The minimum absolute atomic E-state index is 0.0152. The molecule has 1 amide bonds. The lowest BCUT2D eigenvalue weighted by atomic mass is 10.0. The van der Waals surface area contributed by atoms with Crippen LogP contribution in [0.15, 0.2) is 73.3 Å². The van der Waals surface area contributed by atoms with Crippen LogP contribution < -0.4 is 10.9 Å². The summed E-state index contributed by atoms with van der Waals surface area (Å²) < 4.78 is 0. The Morgan fingerprint density at radius 3 is 2.25 bits per heavy atom. The fourth-order valence-electron chi connectivity index (χ4n) is 1.94. The first-order chi connectivity index (χ1) is 9.81. The van der Waals surface area contributed by atoms with Gasteiger partial charge in [-0.3, -0.25) is 10.2 Å². The van der Waals surface area contributed by atoms with Crippen molar-refractivity contribution in [3.63, 3.8) is 0 Å². The van der Waals surface area contributed by atoms with E-state index in [9.17, 15) is 4.79 Å². The molecule has 0 spiro atoms. The van der Waals surface area contributed by atoms with Crippen molar-refractivity contribution in [2.24, 2.45) is 0 Å². The van der Waals surface area contributed by atoms with Crippen LogP contribution in [0.4, 0.5) is 0 Å². The van der Waals surface area contributed by atoms with Crippen LogP contribution in [0, 0.1) is 0 Å². The number of hydrogen-bond donors (Lipinski definition) is 2. The van der Waals surface area contributed by atoms with E-state index in [-0.39, 0.29) is 11.9 Å². The minimum atomic E-state index is -0.143. The first-order valence-electron chi connectivity index (χ1n) is 6.58. The number of benzene rings is 2. The Balaban J connectivity index is 1.99. The van der Waals surface area contributed by atoms with Gasteiger partial charge in [-0.2, -0.15) is 0 Å². The van der Waals surface area contributed by atoms with E-state index in [0.29, 0.717) is 5.56 Å². The third-order valence-corrected chi connectivity index (χ3v) is 3.00. The van der Waals surface area contributed by atoms with Crippen molar-refractivity contribution < 1.29 is 4.79 Å². The molecule has 0 saturated heterocycles. The zero-order chi connectivity index (χ0) is 14.2. The van der Waals surface area contributed by atoms with Gasteiger partial charge in [-0.15, -0.1) is 6.58 Å². The van der Waals surface area contributed by atoms with Gasteiger partial charge in [0.25, 0.3) is 5.91 Å². The molecule has 0 aromatic heterocycles. The summed E-state index contributed by atoms with van der Waals surface area (Å²) in [6.07, 6.45) is 2.57. The van der Waals surface area contributed by atoms with Crippen LogP contribution in [0.3, 0.4) is 0 Å². The molecular weight excluding hydrogens is 248 g/mol. The standard InChI is InChI=1S/C17H18N2O/c1-2-9-16(14-10-5-3-6-11-14)18-19-17(20)15-12-7-4-8-13-15/h2-8,10-13,16,18H,1,9H2,(H,19,20). The quantitative estimate of drug-likeness (QED) is 0.622. The largest absolute Gasteiger partial charge is 0.287 e. The zero-order valence-electron chi connectivity index (χ0n) is 11.3. The van der Waals surface area contributed by atoms with Crippen molar-refractivity contribution in [3.05, 3.63) is 84.4 Å². The maximum Gasteiger partial charge on any atom is 0.265 e. The van der Waals surface area contributed by atoms with E-state index < -0.39 is 0 Å². The molecule has 1 atom stereocenters. The fraction of sp³-hybridized carbons (Fsp3) is 0.118. The van der Waals surface area contributed by atoms with Gasteiger partial charge >= 0.3 is 0 Å². The fourth-order valence-corrected chi connectivity index (χ4v) is 1.94. The molecule has 0 aliphatic carbocycles. The Kier molecular flexibility index (Phi) is 5.09. The number of hydrazine groups is 1. The van der Waals surface area contributed by atoms with E-state index in [1.807, 2.05) is 54.6 Å². The number of carbonyl (C=O) groups excluding carboxylic acids is 1. The number of hydrogen-bond acceptors (Lipinski definition) is 2. The molecular formula is C17H18N2O. The van der Waals surface area contributed by atoms with Gasteiger partial charge in [-0.1, -0.05) is 54.6 Å². The molecule has 2 N–H and O–H groups in total. The molecule has 0 radical (unpaired) electrons. The molecule has 0 bridgehead atoms. The molecule has 0 aliphatic rings. The van der Waals surface area contributed by atoms with Gasteiger partial charge in [0.2, 0.25) is 0 Å². The SMILES string of the molecule is C=CCC(NNC(=O)c1ccccc1)c1ccccc1.